The lowest BCUT2D eigenvalue weighted by Crippen LogP contribution is -2.51. The number of hydrogen-bond donors (Lipinski definition) is 1. The smallest absolute Gasteiger partial charge is 0.242 e. The summed E-state index contributed by atoms with van der Waals surface area (Å²) in [5.41, 5.74) is 2.29. The van der Waals surface area contributed by atoms with Crippen molar-refractivity contribution >= 4 is 35.2 Å². The Morgan fingerprint density at radius 1 is 1.06 bits per heavy atom. The number of thioether (sulfide) groups is 1. The SMILES string of the molecule is C[C@H](C(=O)NC1CCCC1)N(CCc1ccccc1)C(=O)CSCc1ccc(Cl)cc1. The molecule has 1 atom stereocenters. The number of carbonyl (C=O) groups is 2. The number of carbonyl (C=O) groups excluding carboxylic acids is 2. The predicted octanol–water partition coefficient (Wildman–Crippen LogP) is 5.09. The molecule has 1 fully saturated rings. The molecule has 1 saturated carbocycles. The van der Waals surface area contributed by atoms with E-state index in [-0.39, 0.29) is 17.9 Å². The molecule has 1 aliphatic rings. The molecule has 0 saturated heterocycles. The summed E-state index contributed by atoms with van der Waals surface area (Å²) >= 11 is 7.51. The molecular weight excluding hydrogens is 428 g/mol. The summed E-state index contributed by atoms with van der Waals surface area (Å²) in [5, 5.41) is 3.85. The molecule has 2 aromatic rings. The second kappa shape index (κ2) is 12.2. The third-order valence-corrected chi connectivity index (χ3v) is 7.00. The van der Waals surface area contributed by atoms with E-state index in [1.165, 1.54) is 0 Å². The summed E-state index contributed by atoms with van der Waals surface area (Å²) in [5.74, 6) is 1.04. The Balaban J connectivity index is 1.59. The van der Waals surface area contributed by atoms with Crippen molar-refractivity contribution in [1.29, 1.82) is 0 Å². The molecule has 1 N–H and O–H groups in total. The number of rotatable bonds is 10. The monoisotopic (exact) mass is 458 g/mol. The van der Waals surface area contributed by atoms with Crippen molar-refractivity contribution in [2.75, 3.05) is 12.3 Å². The fourth-order valence-corrected chi connectivity index (χ4v) is 4.88. The molecule has 0 unspecified atom stereocenters. The molecule has 0 heterocycles. The van der Waals surface area contributed by atoms with E-state index in [1.807, 2.05) is 49.4 Å². The topological polar surface area (TPSA) is 49.4 Å². The first kappa shape index (κ1) is 23.7. The van der Waals surface area contributed by atoms with Crippen LogP contribution in [0.1, 0.15) is 43.7 Å². The first-order valence-electron chi connectivity index (χ1n) is 11.0. The first-order chi connectivity index (χ1) is 15.0. The molecule has 166 valence electrons. The van der Waals surface area contributed by atoms with Gasteiger partial charge >= 0.3 is 0 Å². The van der Waals surface area contributed by atoms with Crippen molar-refractivity contribution in [3.8, 4) is 0 Å². The van der Waals surface area contributed by atoms with Crippen LogP contribution in [0.5, 0.6) is 0 Å². The van der Waals surface area contributed by atoms with Gasteiger partial charge in [0, 0.05) is 23.4 Å². The minimum absolute atomic E-state index is 0.00367. The van der Waals surface area contributed by atoms with E-state index < -0.39 is 6.04 Å². The second-order valence-electron chi connectivity index (χ2n) is 8.11. The Morgan fingerprint density at radius 2 is 1.74 bits per heavy atom. The van der Waals surface area contributed by atoms with Gasteiger partial charge in [-0.2, -0.15) is 0 Å². The molecule has 31 heavy (non-hydrogen) atoms. The maximum atomic E-state index is 13.1. The normalized spacial score (nSPS) is 14.9. The van der Waals surface area contributed by atoms with Gasteiger partial charge in [-0.3, -0.25) is 9.59 Å². The molecule has 0 spiro atoms. The van der Waals surface area contributed by atoms with E-state index in [0.717, 1.165) is 49.0 Å². The van der Waals surface area contributed by atoms with Gasteiger partial charge in [0.2, 0.25) is 11.8 Å². The van der Waals surface area contributed by atoms with Gasteiger partial charge in [0.15, 0.2) is 0 Å². The summed E-state index contributed by atoms with van der Waals surface area (Å²) in [6.45, 7) is 2.38. The summed E-state index contributed by atoms with van der Waals surface area (Å²) < 4.78 is 0. The molecule has 2 aromatic carbocycles. The van der Waals surface area contributed by atoms with Gasteiger partial charge in [0.25, 0.3) is 0 Å². The number of nitrogens with one attached hydrogen (secondary N) is 1. The van der Waals surface area contributed by atoms with Gasteiger partial charge < -0.3 is 10.2 Å². The number of nitrogens with zero attached hydrogens (tertiary/aromatic N) is 1. The zero-order valence-electron chi connectivity index (χ0n) is 18.1. The number of benzene rings is 2. The lowest BCUT2D eigenvalue weighted by molar-refractivity contribution is -0.138. The molecule has 6 heteroatoms. The predicted molar refractivity (Wildman–Crippen MR) is 129 cm³/mol. The second-order valence-corrected chi connectivity index (χ2v) is 9.53. The number of hydrogen-bond acceptors (Lipinski definition) is 3. The molecule has 0 aromatic heterocycles. The third kappa shape index (κ3) is 7.58. The van der Waals surface area contributed by atoms with Crippen molar-refractivity contribution in [3.63, 3.8) is 0 Å². The van der Waals surface area contributed by atoms with Gasteiger partial charge in [-0.25, -0.2) is 0 Å². The van der Waals surface area contributed by atoms with Gasteiger partial charge in [-0.1, -0.05) is 66.9 Å². The van der Waals surface area contributed by atoms with Crippen LogP contribution in [0.25, 0.3) is 0 Å². The highest BCUT2D eigenvalue weighted by Crippen LogP contribution is 2.19. The minimum atomic E-state index is -0.479. The van der Waals surface area contributed by atoms with Crippen LogP contribution in [0.2, 0.25) is 5.02 Å². The van der Waals surface area contributed by atoms with Crippen molar-refractivity contribution < 1.29 is 9.59 Å². The maximum absolute atomic E-state index is 13.1. The highest BCUT2D eigenvalue weighted by Gasteiger charge is 2.28. The highest BCUT2D eigenvalue weighted by molar-refractivity contribution is 7.99. The molecule has 0 bridgehead atoms. The molecule has 3 rings (SSSR count). The van der Waals surface area contributed by atoms with E-state index in [9.17, 15) is 9.59 Å². The van der Waals surface area contributed by atoms with E-state index in [0.29, 0.717) is 17.3 Å². The van der Waals surface area contributed by atoms with Crippen LogP contribution in [-0.2, 0) is 21.8 Å². The molecule has 2 amide bonds. The van der Waals surface area contributed by atoms with Crippen LogP contribution < -0.4 is 5.32 Å². The Morgan fingerprint density at radius 3 is 2.42 bits per heavy atom. The number of halogens is 1. The third-order valence-electron chi connectivity index (χ3n) is 5.76. The Bertz CT molecular complexity index is 838. The van der Waals surface area contributed by atoms with Crippen LogP contribution in [-0.4, -0.2) is 41.1 Å². The summed E-state index contributed by atoms with van der Waals surface area (Å²) in [6, 6.07) is 17.5. The van der Waals surface area contributed by atoms with Gasteiger partial charge in [0.05, 0.1) is 5.75 Å². The van der Waals surface area contributed by atoms with Gasteiger partial charge in [0.1, 0.15) is 6.04 Å². The van der Waals surface area contributed by atoms with Crippen LogP contribution in [0, 0.1) is 0 Å². The highest BCUT2D eigenvalue weighted by atomic mass is 35.5. The fourth-order valence-electron chi connectivity index (χ4n) is 3.88. The van der Waals surface area contributed by atoms with Gasteiger partial charge in [-0.05, 0) is 49.4 Å². The van der Waals surface area contributed by atoms with Crippen LogP contribution >= 0.6 is 23.4 Å². The van der Waals surface area contributed by atoms with E-state index in [2.05, 4.69) is 17.4 Å². The van der Waals surface area contributed by atoms with Crippen molar-refractivity contribution in [1.82, 2.24) is 10.2 Å². The van der Waals surface area contributed by atoms with Crippen LogP contribution in [0.15, 0.2) is 54.6 Å². The Kier molecular flexibility index (Phi) is 9.29. The summed E-state index contributed by atoms with van der Waals surface area (Å²) in [6.07, 6.45) is 5.13. The zero-order chi connectivity index (χ0) is 22.1. The molecule has 0 aliphatic heterocycles. The van der Waals surface area contributed by atoms with Gasteiger partial charge in [-0.15, -0.1) is 11.8 Å². The fraction of sp³-hybridized carbons (Fsp3) is 0.440. The Hall–Kier alpha value is -1.98. The standard InChI is InChI=1S/C25H31ClN2O2S/c1-19(25(30)27-23-9-5-6-10-23)28(16-15-20-7-3-2-4-8-20)24(29)18-31-17-21-11-13-22(26)14-12-21/h2-4,7-8,11-14,19,23H,5-6,9-10,15-18H2,1H3,(H,27,30)/t19-/m1/s1. The van der Waals surface area contributed by atoms with E-state index in [1.54, 1.807) is 16.7 Å². The van der Waals surface area contributed by atoms with Crippen molar-refractivity contribution in [2.24, 2.45) is 0 Å². The average molecular weight is 459 g/mol. The molecule has 1 aliphatic carbocycles. The largest absolute Gasteiger partial charge is 0.352 e. The molecule has 0 radical (unpaired) electrons. The summed E-state index contributed by atoms with van der Waals surface area (Å²) in [4.78, 5) is 27.7. The zero-order valence-corrected chi connectivity index (χ0v) is 19.6. The lowest BCUT2D eigenvalue weighted by Gasteiger charge is -2.29. The molecular formula is C25H31ClN2O2S. The Labute approximate surface area is 194 Å². The number of amides is 2. The summed E-state index contributed by atoms with van der Waals surface area (Å²) in [7, 11) is 0. The molecule has 4 nitrogen and oxygen atoms in total. The maximum Gasteiger partial charge on any atom is 0.242 e. The van der Waals surface area contributed by atoms with Crippen LogP contribution in [0.4, 0.5) is 0 Å². The van der Waals surface area contributed by atoms with Crippen molar-refractivity contribution in [3.05, 3.63) is 70.7 Å². The van der Waals surface area contributed by atoms with E-state index in [4.69, 9.17) is 11.6 Å². The van der Waals surface area contributed by atoms with Crippen molar-refractivity contribution in [2.45, 2.75) is 56.9 Å². The minimum Gasteiger partial charge on any atom is -0.352 e. The van der Waals surface area contributed by atoms with E-state index >= 15 is 0 Å². The van der Waals surface area contributed by atoms with Crippen LogP contribution in [0.3, 0.4) is 0 Å². The quantitative estimate of drug-likeness (QED) is 0.539. The first-order valence-corrected chi connectivity index (χ1v) is 12.5. The average Bonchev–Trinajstić information content (AvgIpc) is 3.29. The lowest BCUT2D eigenvalue weighted by atomic mass is 10.1.